The average Bonchev–Trinajstić information content (AvgIpc) is 2.67. The van der Waals surface area contributed by atoms with Crippen LogP contribution in [0.2, 0.25) is 0 Å². The van der Waals surface area contributed by atoms with Gasteiger partial charge in [0, 0.05) is 27.7 Å². The van der Waals surface area contributed by atoms with Gasteiger partial charge in [-0.2, -0.15) is 0 Å². The summed E-state index contributed by atoms with van der Waals surface area (Å²) in [7, 11) is 0.575. The zero-order valence-electron chi connectivity index (χ0n) is 16.6. The summed E-state index contributed by atoms with van der Waals surface area (Å²) in [6, 6.07) is 11.2. The topological polar surface area (TPSA) is 84.0 Å². The highest BCUT2D eigenvalue weighted by Gasteiger charge is 2.24. The fourth-order valence-electron chi connectivity index (χ4n) is 2.57. The Labute approximate surface area is 169 Å². The molecule has 1 unspecified atom stereocenters. The van der Waals surface area contributed by atoms with Crippen molar-refractivity contribution >= 4 is 21.9 Å². The second-order valence-corrected chi connectivity index (χ2v) is 8.84. The SMILES string of the molecule is CC(OC(=O)c1cccc(S(=O)(=O)N(C)C)c1)C(=O)N(C)Cc1cccc(F)c1. The van der Waals surface area contributed by atoms with Gasteiger partial charge < -0.3 is 9.64 Å². The number of sulfonamides is 1. The van der Waals surface area contributed by atoms with Crippen molar-refractivity contribution in [2.45, 2.75) is 24.5 Å². The minimum absolute atomic E-state index is 0.0142. The third-order valence-electron chi connectivity index (χ3n) is 4.16. The first-order chi connectivity index (χ1) is 13.5. The van der Waals surface area contributed by atoms with E-state index in [4.69, 9.17) is 4.74 Å². The number of rotatable bonds is 7. The molecule has 0 bridgehead atoms. The minimum Gasteiger partial charge on any atom is -0.449 e. The van der Waals surface area contributed by atoms with Gasteiger partial charge in [-0.15, -0.1) is 0 Å². The Morgan fingerprint density at radius 3 is 2.34 bits per heavy atom. The zero-order valence-corrected chi connectivity index (χ0v) is 17.4. The van der Waals surface area contributed by atoms with Crippen molar-refractivity contribution in [3.8, 4) is 0 Å². The van der Waals surface area contributed by atoms with Crippen LogP contribution in [0.25, 0.3) is 0 Å². The minimum atomic E-state index is -3.71. The molecule has 0 radical (unpaired) electrons. The Bertz CT molecular complexity index is 1010. The summed E-state index contributed by atoms with van der Waals surface area (Å²) in [5, 5.41) is 0. The number of halogens is 1. The number of hydrogen-bond donors (Lipinski definition) is 0. The van der Waals surface area contributed by atoms with Crippen molar-refractivity contribution in [3.05, 3.63) is 65.5 Å². The lowest BCUT2D eigenvalue weighted by atomic mass is 10.2. The monoisotopic (exact) mass is 422 g/mol. The first-order valence-electron chi connectivity index (χ1n) is 8.75. The number of hydrogen-bond acceptors (Lipinski definition) is 5. The van der Waals surface area contributed by atoms with E-state index in [9.17, 15) is 22.4 Å². The molecule has 0 aliphatic carbocycles. The second-order valence-electron chi connectivity index (χ2n) is 6.69. The second kappa shape index (κ2) is 9.15. The fourth-order valence-corrected chi connectivity index (χ4v) is 3.52. The molecule has 0 N–H and O–H groups in total. The van der Waals surface area contributed by atoms with Crippen LogP contribution >= 0.6 is 0 Å². The molecular weight excluding hydrogens is 399 g/mol. The smallest absolute Gasteiger partial charge is 0.338 e. The molecule has 0 aliphatic heterocycles. The van der Waals surface area contributed by atoms with Crippen LogP contribution in [0.15, 0.2) is 53.4 Å². The number of likely N-dealkylation sites (N-methyl/N-ethyl adjacent to an activating group) is 1. The standard InChI is InChI=1S/C20H23FN2O5S/c1-14(19(24)23(4)13-15-7-5-9-17(21)11-15)28-20(25)16-8-6-10-18(12-16)29(26,27)22(2)3/h5-12,14H,13H2,1-4H3. The maximum atomic E-state index is 13.3. The molecule has 2 rings (SSSR count). The van der Waals surface area contributed by atoms with Crippen molar-refractivity contribution in [3.63, 3.8) is 0 Å². The lowest BCUT2D eigenvalue weighted by Crippen LogP contribution is -2.37. The number of nitrogens with zero attached hydrogens (tertiary/aromatic N) is 2. The van der Waals surface area contributed by atoms with Crippen molar-refractivity contribution < 1.29 is 27.1 Å². The van der Waals surface area contributed by atoms with E-state index < -0.39 is 33.8 Å². The van der Waals surface area contributed by atoms with Gasteiger partial charge in [0.25, 0.3) is 5.91 Å². The number of carbonyl (C=O) groups excluding carboxylic acids is 2. The van der Waals surface area contributed by atoms with Crippen molar-refractivity contribution in [2.75, 3.05) is 21.1 Å². The molecule has 0 aromatic heterocycles. The van der Waals surface area contributed by atoms with E-state index in [1.807, 2.05) is 0 Å². The molecule has 1 atom stereocenters. The molecule has 7 nitrogen and oxygen atoms in total. The highest BCUT2D eigenvalue weighted by molar-refractivity contribution is 7.89. The fraction of sp³-hybridized carbons (Fsp3) is 0.300. The van der Waals surface area contributed by atoms with Gasteiger partial charge in [0.2, 0.25) is 10.0 Å². The predicted molar refractivity (Wildman–Crippen MR) is 105 cm³/mol. The Hall–Kier alpha value is -2.78. The summed E-state index contributed by atoms with van der Waals surface area (Å²) in [5.41, 5.74) is 0.612. The quantitative estimate of drug-likeness (QED) is 0.639. The molecule has 29 heavy (non-hydrogen) atoms. The maximum Gasteiger partial charge on any atom is 0.338 e. The molecule has 0 spiro atoms. The summed E-state index contributed by atoms with van der Waals surface area (Å²) in [6.07, 6.45) is -1.10. The number of benzene rings is 2. The highest BCUT2D eigenvalue weighted by atomic mass is 32.2. The van der Waals surface area contributed by atoms with E-state index in [1.165, 1.54) is 69.4 Å². The number of ether oxygens (including phenoxy) is 1. The maximum absolute atomic E-state index is 13.3. The van der Waals surface area contributed by atoms with Crippen LogP contribution in [0.3, 0.4) is 0 Å². The van der Waals surface area contributed by atoms with Gasteiger partial charge in [-0.1, -0.05) is 18.2 Å². The Morgan fingerprint density at radius 2 is 1.72 bits per heavy atom. The van der Waals surface area contributed by atoms with Gasteiger partial charge in [0.1, 0.15) is 5.82 Å². The van der Waals surface area contributed by atoms with Gasteiger partial charge in [0.15, 0.2) is 6.10 Å². The average molecular weight is 422 g/mol. The number of esters is 1. The van der Waals surface area contributed by atoms with Gasteiger partial charge in [-0.3, -0.25) is 4.79 Å². The molecule has 0 heterocycles. The molecule has 1 amide bonds. The summed E-state index contributed by atoms with van der Waals surface area (Å²) in [4.78, 5) is 26.1. The Balaban J connectivity index is 2.07. The summed E-state index contributed by atoms with van der Waals surface area (Å²) in [5.74, 6) is -1.70. The Morgan fingerprint density at radius 1 is 1.07 bits per heavy atom. The third-order valence-corrected chi connectivity index (χ3v) is 5.98. The van der Waals surface area contributed by atoms with E-state index in [0.29, 0.717) is 5.56 Å². The third kappa shape index (κ3) is 5.61. The van der Waals surface area contributed by atoms with Gasteiger partial charge in [-0.05, 0) is 42.8 Å². The zero-order chi connectivity index (χ0) is 21.8. The molecule has 0 saturated heterocycles. The largest absolute Gasteiger partial charge is 0.449 e. The van der Waals surface area contributed by atoms with Crippen LogP contribution in [0, 0.1) is 5.82 Å². The van der Waals surface area contributed by atoms with Crippen LogP contribution in [-0.2, 0) is 26.1 Å². The van der Waals surface area contributed by atoms with E-state index in [-0.39, 0.29) is 17.0 Å². The molecule has 2 aromatic carbocycles. The van der Waals surface area contributed by atoms with Crippen LogP contribution in [-0.4, -0.2) is 56.7 Å². The van der Waals surface area contributed by atoms with Gasteiger partial charge in [0.05, 0.1) is 10.5 Å². The molecule has 0 saturated carbocycles. The molecule has 2 aromatic rings. The predicted octanol–water partition coefficient (Wildman–Crippen LogP) is 2.28. The van der Waals surface area contributed by atoms with E-state index in [2.05, 4.69) is 0 Å². The van der Waals surface area contributed by atoms with Crippen molar-refractivity contribution in [1.82, 2.24) is 9.21 Å². The van der Waals surface area contributed by atoms with E-state index >= 15 is 0 Å². The van der Waals surface area contributed by atoms with Crippen molar-refractivity contribution in [1.29, 1.82) is 0 Å². The summed E-state index contributed by atoms with van der Waals surface area (Å²) >= 11 is 0. The highest BCUT2D eigenvalue weighted by Crippen LogP contribution is 2.16. The number of amides is 1. The lowest BCUT2D eigenvalue weighted by Gasteiger charge is -2.21. The summed E-state index contributed by atoms with van der Waals surface area (Å²) < 4.78 is 43.9. The van der Waals surface area contributed by atoms with Crippen molar-refractivity contribution in [2.24, 2.45) is 0 Å². The molecule has 0 fully saturated rings. The molecular formula is C20H23FN2O5S. The summed E-state index contributed by atoms with van der Waals surface area (Å²) in [6.45, 7) is 1.57. The van der Waals surface area contributed by atoms with Gasteiger partial charge in [-0.25, -0.2) is 21.9 Å². The van der Waals surface area contributed by atoms with Crippen LogP contribution in [0.5, 0.6) is 0 Å². The van der Waals surface area contributed by atoms with Gasteiger partial charge >= 0.3 is 5.97 Å². The van der Waals surface area contributed by atoms with Crippen LogP contribution < -0.4 is 0 Å². The van der Waals surface area contributed by atoms with Crippen LogP contribution in [0.1, 0.15) is 22.8 Å². The first-order valence-corrected chi connectivity index (χ1v) is 10.2. The van der Waals surface area contributed by atoms with E-state index in [0.717, 1.165) is 4.31 Å². The molecule has 156 valence electrons. The molecule has 0 aliphatic rings. The normalized spacial score (nSPS) is 12.5. The molecule has 9 heteroatoms. The van der Waals surface area contributed by atoms with Crippen LogP contribution in [0.4, 0.5) is 4.39 Å². The first kappa shape index (κ1) is 22.5. The van der Waals surface area contributed by atoms with E-state index in [1.54, 1.807) is 12.1 Å². The lowest BCUT2D eigenvalue weighted by molar-refractivity contribution is -0.139. The number of carbonyl (C=O) groups is 2. The Kier molecular flexibility index (Phi) is 7.10.